The van der Waals surface area contributed by atoms with Gasteiger partial charge in [-0.15, -0.1) is 0 Å². The summed E-state index contributed by atoms with van der Waals surface area (Å²) in [5.41, 5.74) is 3.99. The second kappa shape index (κ2) is 3.48. The minimum atomic E-state index is 0.973. The van der Waals surface area contributed by atoms with Gasteiger partial charge in [-0.25, -0.2) is 4.98 Å². The fourth-order valence-electron chi connectivity index (χ4n) is 1.05. The molecule has 0 aliphatic carbocycles. The quantitative estimate of drug-likeness (QED) is 0.633. The molecule has 1 heterocycles. The summed E-state index contributed by atoms with van der Waals surface area (Å²) in [7, 11) is 0. The van der Waals surface area contributed by atoms with Crippen molar-refractivity contribution in [1.29, 1.82) is 0 Å². The van der Waals surface area contributed by atoms with Crippen LogP contribution in [-0.2, 0) is 0 Å². The van der Waals surface area contributed by atoms with E-state index in [9.17, 15) is 0 Å². The summed E-state index contributed by atoms with van der Waals surface area (Å²) in [6.45, 7) is 7.93. The topological polar surface area (TPSA) is 25.8 Å². The van der Waals surface area contributed by atoms with Crippen molar-refractivity contribution in [2.45, 2.75) is 27.7 Å². The van der Waals surface area contributed by atoms with Gasteiger partial charge in [-0.3, -0.25) is 4.98 Å². The van der Waals surface area contributed by atoms with E-state index in [4.69, 9.17) is 0 Å². The molecule has 12 heavy (non-hydrogen) atoms. The lowest BCUT2D eigenvalue weighted by Crippen LogP contribution is -1.98. The fourth-order valence-corrected chi connectivity index (χ4v) is 1.05. The van der Waals surface area contributed by atoms with Gasteiger partial charge in [-0.1, -0.05) is 6.08 Å². The molecule has 1 aromatic rings. The molecule has 0 aliphatic rings. The van der Waals surface area contributed by atoms with Crippen LogP contribution >= 0.6 is 0 Å². The van der Waals surface area contributed by atoms with Crippen molar-refractivity contribution in [3.05, 3.63) is 28.9 Å². The van der Waals surface area contributed by atoms with Crippen LogP contribution in [0, 0.1) is 20.8 Å². The molecule has 0 aromatic carbocycles. The molecule has 0 N–H and O–H groups in total. The second-order valence-electron chi connectivity index (χ2n) is 2.87. The molecule has 0 saturated heterocycles. The molecule has 0 unspecified atom stereocenters. The third-order valence-corrected chi connectivity index (χ3v) is 1.84. The zero-order valence-electron chi connectivity index (χ0n) is 8.05. The lowest BCUT2D eigenvalue weighted by atomic mass is 10.2. The number of rotatable bonds is 1. The van der Waals surface area contributed by atoms with Gasteiger partial charge >= 0.3 is 0 Å². The normalized spacial score (nSPS) is 11.0. The molecule has 2 heteroatoms. The molecule has 0 spiro atoms. The predicted octanol–water partition coefficient (Wildman–Crippen LogP) is 2.43. The Bertz CT molecular complexity index is 314. The molecule has 0 atom stereocenters. The molecular weight excluding hydrogens is 148 g/mol. The van der Waals surface area contributed by atoms with Gasteiger partial charge in [-0.2, -0.15) is 0 Å². The number of hydrogen-bond acceptors (Lipinski definition) is 2. The first-order valence-corrected chi connectivity index (χ1v) is 4.09. The van der Waals surface area contributed by atoms with Crippen molar-refractivity contribution in [1.82, 2.24) is 9.97 Å². The Kier molecular flexibility index (Phi) is 2.58. The van der Waals surface area contributed by atoms with Gasteiger partial charge in [0, 0.05) is 0 Å². The first-order valence-electron chi connectivity index (χ1n) is 4.09. The van der Waals surface area contributed by atoms with Crippen LogP contribution in [0.25, 0.3) is 6.08 Å². The van der Waals surface area contributed by atoms with E-state index in [1.165, 1.54) is 0 Å². The van der Waals surface area contributed by atoms with Crippen molar-refractivity contribution in [2.24, 2.45) is 0 Å². The fraction of sp³-hybridized carbons (Fsp3) is 0.400. The molecule has 0 bridgehead atoms. The minimum absolute atomic E-state index is 0.973. The summed E-state index contributed by atoms with van der Waals surface area (Å²) in [4.78, 5) is 8.79. The van der Waals surface area contributed by atoms with Crippen LogP contribution in [0.5, 0.6) is 0 Å². The highest BCUT2D eigenvalue weighted by Gasteiger charge is 2.00. The summed E-state index contributed by atoms with van der Waals surface area (Å²) >= 11 is 0. The van der Waals surface area contributed by atoms with Crippen LogP contribution in [0.1, 0.15) is 29.7 Å². The maximum absolute atomic E-state index is 4.41. The number of allylic oxidation sites excluding steroid dienone is 1. The summed E-state index contributed by atoms with van der Waals surface area (Å²) < 4.78 is 0. The molecule has 0 radical (unpaired) electrons. The summed E-state index contributed by atoms with van der Waals surface area (Å²) in [5.74, 6) is 0. The van der Waals surface area contributed by atoms with Crippen molar-refractivity contribution >= 4 is 6.08 Å². The average Bonchev–Trinajstić information content (AvgIpc) is 2.01. The van der Waals surface area contributed by atoms with E-state index in [-0.39, 0.29) is 0 Å². The van der Waals surface area contributed by atoms with Crippen molar-refractivity contribution in [3.8, 4) is 0 Å². The highest BCUT2D eigenvalue weighted by molar-refractivity contribution is 5.46. The summed E-state index contributed by atoms with van der Waals surface area (Å²) in [5, 5.41) is 0. The van der Waals surface area contributed by atoms with Crippen LogP contribution in [0.15, 0.2) is 6.08 Å². The molecule has 0 saturated carbocycles. The molecule has 64 valence electrons. The minimum Gasteiger partial charge on any atom is -0.254 e. The Morgan fingerprint density at radius 3 is 2.08 bits per heavy atom. The van der Waals surface area contributed by atoms with Crippen LogP contribution in [0.3, 0.4) is 0 Å². The van der Waals surface area contributed by atoms with E-state index < -0.39 is 0 Å². The van der Waals surface area contributed by atoms with Gasteiger partial charge in [0.1, 0.15) is 0 Å². The van der Waals surface area contributed by atoms with E-state index in [2.05, 4.69) is 9.97 Å². The number of aromatic nitrogens is 2. The molecule has 0 aliphatic heterocycles. The first kappa shape index (κ1) is 8.91. The number of hydrogen-bond donors (Lipinski definition) is 0. The highest BCUT2D eigenvalue weighted by Crippen LogP contribution is 2.07. The van der Waals surface area contributed by atoms with E-state index in [1.807, 2.05) is 39.8 Å². The molecular formula is C10H14N2. The van der Waals surface area contributed by atoms with Gasteiger partial charge in [-0.05, 0) is 33.8 Å². The zero-order valence-corrected chi connectivity index (χ0v) is 8.05. The van der Waals surface area contributed by atoms with E-state index >= 15 is 0 Å². The maximum atomic E-state index is 4.41. The van der Waals surface area contributed by atoms with Gasteiger partial charge in [0.05, 0.1) is 22.8 Å². The number of nitrogens with zero attached hydrogens (tertiary/aromatic N) is 2. The second-order valence-corrected chi connectivity index (χ2v) is 2.87. The van der Waals surface area contributed by atoms with E-state index in [0.717, 1.165) is 22.8 Å². The van der Waals surface area contributed by atoms with Crippen molar-refractivity contribution < 1.29 is 0 Å². The monoisotopic (exact) mass is 162 g/mol. The lowest BCUT2D eigenvalue weighted by molar-refractivity contribution is 0.991. The van der Waals surface area contributed by atoms with Crippen LogP contribution in [-0.4, -0.2) is 9.97 Å². The Balaban J connectivity index is 3.23. The molecule has 2 nitrogen and oxygen atoms in total. The lowest BCUT2D eigenvalue weighted by Gasteiger charge is -2.03. The standard InChI is InChI=1S/C10H14N2/c1-5-6-10-9(4)11-7(2)8(3)12-10/h5-6H,1-4H3. The van der Waals surface area contributed by atoms with Gasteiger partial charge in [0.2, 0.25) is 0 Å². The molecule has 1 aromatic heterocycles. The first-order chi connectivity index (χ1) is 5.65. The Labute approximate surface area is 73.4 Å². The van der Waals surface area contributed by atoms with Crippen molar-refractivity contribution in [2.75, 3.05) is 0 Å². The number of aryl methyl sites for hydroxylation is 3. The van der Waals surface area contributed by atoms with E-state index in [1.54, 1.807) is 0 Å². The summed E-state index contributed by atoms with van der Waals surface area (Å²) in [6.07, 6.45) is 3.96. The van der Waals surface area contributed by atoms with Crippen LogP contribution in [0.2, 0.25) is 0 Å². The molecule has 1 rings (SSSR count). The molecule has 0 amide bonds. The predicted molar refractivity (Wildman–Crippen MR) is 51.0 cm³/mol. The van der Waals surface area contributed by atoms with Crippen molar-refractivity contribution in [3.63, 3.8) is 0 Å². The third kappa shape index (κ3) is 1.70. The molecule has 0 fully saturated rings. The smallest absolute Gasteiger partial charge is 0.0842 e. The highest BCUT2D eigenvalue weighted by atomic mass is 14.8. The zero-order chi connectivity index (χ0) is 9.14. The Morgan fingerprint density at radius 2 is 1.50 bits per heavy atom. The maximum Gasteiger partial charge on any atom is 0.0842 e. The van der Waals surface area contributed by atoms with Crippen LogP contribution in [0.4, 0.5) is 0 Å². The van der Waals surface area contributed by atoms with E-state index in [0.29, 0.717) is 0 Å². The van der Waals surface area contributed by atoms with Gasteiger partial charge in [0.15, 0.2) is 0 Å². The SMILES string of the molecule is CC=Cc1nc(C)c(C)nc1C. The summed E-state index contributed by atoms with van der Waals surface area (Å²) in [6, 6.07) is 0. The van der Waals surface area contributed by atoms with Gasteiger partial charge < -0.3 is 0 Å². The average molecular weight is 162 g/mol. The van der Waals surface area contributed by atoms with Gasteiger partial charge in [0.25, 0.3) is 0 Å². The largest absolute Gasteiger partial charge is 0.254 e. The third-order valence-electron chi connectivity index (χ3n) is 1.84. The Hall–Kier alpha value is -1.18. The Morgan fingerprint density at radius 1 is 0.917 bits per heavy atom. The van der Waals surface area contributed by atoms with Crippen LogP contribution < -0.4 is 0 Å².